The summed E-state index contributed by atoms with van der Waals surface area (Å²) in [6.07, 6.45) is -1.36. The third-order valence-corrected chi connectivity index (χ3v) is 8.49. The van der Waals surface area contributed by atoms with Crippen LogP contribution in [-0.4, -0.2) is 45.1 Å². The van der Waals surface area contributed by atoms with E-state index in [1.807, 2.05) is 54.4 Å². The predicted molar refractivity (Wildman–Crippen MR) is 152 cm³/mol. The van der Waals surface area contributed by atoms with Gasteiger partial charge in [0.2, 0.25) is 0 Å². The summed E-state index contributed by atoms with van der Waals surface area (Å²) in [4.78, 5) is 29.3. The fourth-order valence-electron chi connectivity index (χ4n) is 5.56. The van der Waals surface area contributed by atoms with Crippen LogP contribution in [0.2, 0.25) is 5.82 Å². The molecule has 0 bridgehead atoms. The van der Waals surface area contributed by atoms with Crippen LogP contribution in [0.3, 0.4) is 0 Å². The summed E-state index contributed by atoms with van der Waals surface area (Å²) in [6.45, 7) is 0.361. The molecule has 0 spiro atoms. The molecule has 2 aliphatic rings. The summed E-state index contributed by atoms with van der Waals surface area (Å²) >= 11 is -0.253. The van der Waals surface area contributed by atoms with Gasteiger partial charge in [0.05, 0.1) is 0 Å². The van der Waals surface area contributed by atoms with Crippen molar-refractivity contribution in [3.05, 3.63) is 119 Å². The number of fused-ring (bicyclic) bond motifs is 6. The van der Waals surface area contributed by atoms with Crippen molar-refractivity contribution >= 4 is 31.9 Å². The minimum atomic E-state index is -0.727. The first kappa shape index (κ1) is 25.1. The fraction of sp³-hybridized carbons (Fsp3) is 0.156. The maximum atomic E-state index is 12.7. The first-order valence-electron chi connectivity index (χ1n) is 12.7. The summed E-state index contributed by atoms with van der Waals surface area (Å²) in [6, 6.07) is 32.7. The molecular weight excluding hydrogens is 555 g/mol. The Morgan fingerprint density at radius 2 is 1.05 bits per heavy atom. The third-order valence-electron chi connectivity index (χ3n) is 7.27. The average molecular weight is 582 g/mol. The first-order valence-corrected chi connectivity index (χ1v) is 15.3. The Labute approximate surface area is 233 Å². The average Bonchev–Trinajstić information content (AvgIpc) is 3.47. The van der Waals surface area contributed by atoms with E-state index in [1.165, 1.54) is 0 Å². The molecule has 1 N–H and O–H groups in total. The molecule has 0 aromatic heterocycles. The topological polar surface area (TPSA) is 77.0 Å². The quantitative estimate of drug-likeness (QED) is 0.164. The number of rotatable bonds is 5. The van der Waals surface area contributed by atoms with Gasteiger partial charge in [-0.15, -0.1) is 0 Å². The molecule has 4 aromatic carbocycles. The molecule has 0 fully saturated rings. The molecule has 2 aliphatic carbocycles. The second kappa shape index (κ2) is 10.9. The van der Waals surface area contributed by atoms with E-state index in [4.69, 9.17) is 9.47 Å². The van der Waals surface area contributed by atoms with E-state index in [0.29, 0.717) is 0 Å². The summed E-state index contributed by atoms with van der Waals surface area (Å²) in [5.41, 5.74) is 9.18. The van der Waals surface area contributed by atoms with Crippen LogP contribution in [-0.2, 0) is 9.47 Å². The Hall–Kier alpha value is -4.19. The Morgan fingerprint density at radius 3 is 1.46 bits per heavy atom. The van der Waals surface area contributed by atoms with E-state index in [9.17, 15) is 9.59 Å². The number of nitrogens with one attached hydrogen (secondary N) is 1. The normalized spacial score (nSPS) is 13.7. The molecule has 0 atom stereocenters. The van der Waals surface area contributed by atoms with E-state index in [1.54, 1.807) is 0 Å². The number of aliphatic imine (C=N–C) groups is 1. The number of amides is 2. The molecule has 0 radical (unpaired) electrons. The van der Waals surface area contributed by atoms with Crippen molar-refractivity contribution in [3.8, 4) is 22.3 Å². The van der Waals surface area contributed by atoms with Crippen LogP contribution in [0.4, 0.5) is 9.59 Å². The Kier molecular flexibility index (Phi) is 7.01. The van der Waals surface area contributed by atoms with E-state index in [-0.39, 0.29) is 44.7 Å². The number of hydrogen-bond acceptors (Lipinski definition) is 4. The number of ether oxygens (including phenoxy) is 2. The molecule has 7 heteroatoms. The number of carbonyl (C=O) groups is 2. The van der Waals surface area contributed by atoms with Crippen molar-refractivity contribution in [1.29, 1.82) is 0 Å². The van der Waals surface area contributed by atoms with Crippen LogP contribution >= 0.6 is 0 Å². The van der Waals surface area contributed by atoms with E-state index < -0.39 is 12.2 Å². The zero-order chi connectivity index (χ0) is 26.8. The van der Waals surface area contributed by atoms with Gasteiger partial charge < -0.3 is 0 Å². The minimum absolute atomic E-state index is 0.0437. The van der Waals surface area contributed by atoms with Crippen molar-refractivity contribution in [1.82, 2.24) is 5.32 Å². The fourth-order valence-corrected chi connectivity index (χ4v) is 6.29. The molecule has 0 saturated heterocycles. The number of amidine groups is 1. The molecule has 0 aliphatic heterocycles. The third kappa shape index (κ3) is 4.87. The standard InChI is InChI=1S/C32H26N2O4Se/c1-39-30(33-31(35)37-18-28-24-14-6-2-10-20(24)21-11-3-7-15-25(21)28)34-32(36)38-19-29-26-16-8-4-12-22(26)23-13-5-9-17-27(23)29/h2-17,28-29H,18-19H2,1H3,(H,33,34,35,36). The molecule has 6 rings (SSSR count). The number of nitrogens with zero attached hydrogens (tertiary/aromatic N) is 1. The molecule has 2 amide bonds. The second-order valence-electron chi connectivity index (χ2n) is 9.38. The van der Waals surface area contributed by atoms with Gasteiger partial charge in [-0.3, -0.25) is 0 Å². The van der Waals surface area contributed by atoms with Crippen molar-refractivity contribution in [2.24, 2.45) is 4.99 Å². The molecule has 4 aromatic rings. The van der Waals surface area contributed by atoms with Gasteiger partial charge >= 0.3 is 234 Å². The number of carbonyl (C=O) groups excluding carboxylic acids is 2. The zero-order valence-corrected chi connectivity index (χ0v) is 23.0. The van der Waals surface area contributed by atoms with Gasteiger partial charge in [-0.05, 0) is 0 Å². The van der Waals surface area contributed by atoms with Crippen molar-refractivity contribution in [2.75, 3.05) is 13.2 Å². The van der Waals surface area contributed by atoms with E-state index in [0.717, 1.165) is 44.5 Å². The number of hydrogen-bond donors (Lipinski definition) is 1. The second-order valence-corrected chi connectivity index (χ2v) is 11.0. The molecule has 194 valence electrons. The van der Waals surface area contributed by atoms with Crippen LogP contribution in [0.15, 0.2) is 102 Å². The van der Waals surface area contributed by atoms with Gasteiger partial charge in [0.1, 0.15) is 0 Å². The van der Waals surface area contributed by atoms with Crippen molar-refractivity contribution in [3.63, 3.8) is 0 Å². The zero-order valence-electron chi connectivity index (χ0n) is 21.3. The molecule has 39 heavy (non-hydrogen) atoms. The van der Waals surface area contributed by atoms with Crippen LogP contribution in [0.25, 0.3) is 22.3 Å². The monoisotopic (exact) mass is 582 g/mol. The molecule has 0 unspecified atom stereocenters. The molecular formula is C32H26N2O4Se. The van der Waals surface area contributed by atoms with Crippen molar-refractivity contribution < 1.29 is 19.1 Å². The van der Waals surface area contributed by atoms with Crippen molar-refractivity contribution in [2.45, 2.75) is 17.7 Å². The predicted octanol–water partition coefficient (Wildman–Crippen LogP) is 6.58. The summed E-state index contributed by atoms with van der Waals surface area (Å²) in [5.74, 6) is 1.77. The van der Waals surface area contributed by atoms with Crippen LogP contribution in [0.1, 0.15) is 34.1 Å². The number of alkyl carbamates (subject to hydrolysis) is 1. The summed E-state index contributed by atoms with van der Waals surface area (Å²) < 4.78 is 11.4. The SMILES string of the molecule is C[Se]/C(=N\C(=O)OCC1c2ccccc2-c2ccccc21)NC(=O)OCC1c2ccccc2-c2ccccc21. The van der Waals surface area contributed by atoms with Gasteiger partial charge in [-0.25, -0.2) is 0 Å². The Bertz CT molecular complexity index is 1510. The van der Waals surface area contributed by atoms with E-state index >= 15 is 0 Å². The first-order chi connectivity index (χ1) is 19.1. The molecule has 0 saturated carbocycles. The van der Waals surface area contributed by atoms with Gasteiger partial charge in [0.15, 0.2) is 0 Å². The van der Waals surface area contributed by atoms with Gasteiger partial charge in [0, 0.05) is 0 Å². The Balaban J connectivity index is 1.08. The van der Waals surface area contributed by atoms with Crippen LogP contribution < -0.4 is 5.32 Å². The van der Waals surface area contributed by atoms with Gasteiger partial charge in [-0.2, -0.15) is 0 Å². The summed E-state index contributed by atoms with van der Waals surface area (Å²) in [7, 11) is 0. The van der Waals surface area contributed by atoms with Crippen LogP contribution in [0.5, 0.6) is 0 Å². The van der Waals surface area contributed by atoms with Gasteiger partial charge in [0.25, 0.3) is 0 Å². The Morgan fingerprint density at radius 1 is 0.667 bits per heavy atom. The van der Waals surface area contributed by atoms with E-state index in [2.05, 4.69) is 58.8 Å². The van der Waals surface area contributed by atoms with Crippen LogP contribution in [0, 0.1) is 0 Å². The maximum absolute atomic E-state index is 12.7. The number of benzene rings is 4. The molecule has 0 heterocycles. The summed E-state index contributed by atoms with van der Waals surface area (Å²) in [5, 5.41) is 2.64. The molecule has 6 nitrogen and oxygen atoms in total. The van der Waals surface area contributed by atoms with Gasteiger partial charge in [-0.1, -0.05) is 0 Å².